The van der Waals surface area contributed by atoms with Gasteiger partial charge < -0.3 is 4.74 Å². The number of hydrogen-bond donors (Lipinski definition) is 0. The first kappa shape index (κ1) is 12.1. The van der Waals surface area contributed by atoms with Crippen molar-refractivity contribution in [1.29, 1.82) is 0 Å². The zero-order chi connectivity index (χ0) is 12.1. The standard InChI is InChI=1S/C14H19NO2/c1-11-8-9-14(13(10-16)15-11)17-12-6-4-2-3-5-7-12/h8-10,12H,2-7H2,1H3. The van der Waals surface area contributed by atoms with Crippen molar-refractivity contribution in [2.45, 2.75) is 51.6 Å². The van der Waals surface area contributed by atoms with Gasteiger partial charge >= 0.3 is 0 Å². The van der Waals surface area contributed by atoms with E-state index < -0.39 is 0 Å². The Morgan fingerprint density at radius 1 is 1.24 bits per heavy atom. The van der Waals surface area contributed by atoms with E-state index in [0.717, 1.165) is 24.8 Å². The van der Waals surface area contributed by atoms with Gasteiger partial charge in [-0.3, -0.25) is 4.79 Å². The third-order valence-electron chi connectivity index (χ3n) is 3.23. The van der Waals surface area contributed by atoms with Crippen LogP contribution in [0, 0.1) is 6.92 Å². The molecule has 0 saturated heterocycles. The lowest BCUT2D eigenvalue weighted by molar-refractivity contribution is 0.110. The fourth-order valence-electron chi connectivity index (χ4n) is 2.29. The lowest BCUT2D eigenvalue weighted by Crippen LogP contribution is -2.16. The van der Waals surface area contributed by atoms with Crippen LogP contribution in [0.1, 0.15) is 54.7 Å². The molecule has 1 aromatic heterocycles. The molecule has 0 N–H and O–H groups in total. The molecule has 0 atom stereocenters. The number of rotatable bonds is 3. The maximum Gasteiger partial charge on any atom is 0.172 e. The summed E-state index contributed by atoms with van der Waals surface area (Å²) in [6, 6.07) is 3.75. The van der Waals surface area contributed by atoms with Gasteiger partial charge in [-0.05, 0) is 44.7 Å². The van der Waals surface area contributed by atoms with Crippen LogP contribution in [0.15, 0.2) is 12.1 Å². The Balaban J connectivity index is 2.08. The van der Waals surface area contributed by atoms with Gasteiger partial charge in [0.15, 0.2) is 6.29 Å². The molecule has 0 unspecified atom stereocenters. The zero-order valence-corrected chi connectivity index (χ0v) is 10.3. The van der Waals surface area contributed by atoms with E-state index in [2.05, 4.69) is 4.98 Å². The average Bonchev–Trinajstić information content (AvgIpc) is 2.60. The second-order valence-corrected chi connectivity index (χ2v) is 4.69. The number of aromatic nitrogens is 1. The first-order valence-electron chi connectivity index (χ1n) is 6.39. The van der Waals surface area contributed by atoms with Crippen LogP contribution in [0.25, 0.3) is 0 Å². The molecule has 1 aromatic rings. The number of aryl methyl sites for hydroxylation is 1. The topological polar surface area (TPSA) is 39.2 Å². The number of aldehydes is 1. The van der Waals surface area contributed by atoms with Crippen molar-refractivity contribution < 1.29 is 9.53 Å². The van der Waals surface area contributed by atoms with E-state index in [0.29, 0.717) is 11.4 Å². The van der Waals surface area contributed by atoms with Crippen LogP contribution >= 0.6 is 0 Å². The molecule has 17 heavy (non-hydrogen) atoms. The van der Waals surface area contributed by atoms with Crippen molar-refractivity contribution in [3.63, 3.8) is 0 Å². The summed E-state index contributed by atoms with van der Waals surface area (Å²) >= 11 is 0. The molecule has 92 valence electrons. The third-order valence-corrected chi connectivity index (χ3v) is 3.23. The van der Waals surface area contributed by atoms with Gasteiger partial charge in [-0.1, -0.05) is 12.8 Å². The molecule has 3 nitrogen and oxygen atoms in total. The van der Waals surface area contributed by atoms with Crippen LogP contribution in [-0.4, -0.2) is 17.4 Å². The second-order valence-electron chi connectivity index (χ2n) is 4.69. The number of pyridine rings is 1. The fourth-order valence-corrected chi connectivity index (χ4v) is 2.29. The SMILES string of the molecule is Cc1ccc(OC2CCCCCC2)c(C=O)n1. The van der Waals surface area contributed by atoms with Crippen molar-refractivity contribution in [2.75, 3.05) is 0 Å². The minimum Gasteiger partial charge on any atom is -0.488 e. The van der Waals surface area contributed by atoms with Gasteiger partial charge in [0.2, 0.25) is 0 Å². The van der Waals surface area contributed by atoms with E-state index in [9.17, 15) is 4.79 Å². The minimum absolute atomic E-state index is 0.251. The molecule has 1 aliphatic rings. The van der Waals surface area contributed by atoms with Crippen LogP contribution in [-0.2, 0) is 0 Å². The van der Waals surface area contributed by atoms with E-state index in [1.807, 2.05) is 19.1 Å². The summed E-state index contributed by atoms with van der Waals surface area (Å²) in [5.41, 5.74) is 1.27. The Bertz CT molecular complexity index is 382. The highest BCUT2D eigenvalue weighted by Crippen LogP contribution is 2.24. The zero-order valence-electron chi connectivity index (χ0n) is 10.3. The smallest absolute Gasteiger partial charge is 0.172 e. The number of ether oxygens (including phenoxy) is 1. The predicted octanol–water partition coefficient (Wildman–Crippen LogP) is 3.30. The quantitative estimate of drug-likeness (QED) is 0.594. The van der Waals surface area contributed by atoms with Crippen molar-refractivity contribution in [3.8, 4) is 5.75 Å². The second kappa shape index (κ2) is 5.80. The highest BCUT2D eigenvalue weighted by molar-refractivity contribution is 5.76. The van der Waals surface area contributed by atoms with E-state index in [1.165, 1.54) is 25.7 Å². The Labute approximate surface area is 102 Å². The van der Waals surface area contributed by atoms with Gasteiger partial charge in [0, 0.05) is 5.69 Å². The van der Waals surface area contributed by atoms with Gasteiger partial charge in [0.25, 0.3) is 0 Å². The van der Waals surface area contributed by atoms with E-state index in [1.54, 1.807) is 0 Å². The summed E-state index contributed by atoms with van der Waals surface area (Å²) in [7, 11) is 0. The van der Waals surface area contributed by atoms with Crippen molar-refractivity contribution in [2.24, 2.45) is 0 Å². The highest BCUT2D eigenvalue weighted by atomic mass is 16.5. The van der Waals surface area contributed by atoms with E-state index in [-0.39, 0.29) is 6.10 Å². The summed E-state index contributed by atoms with van der Waals surface area (Å²) in [5.74, 6) is 0.637. The van der Waals surface area contributed by atoms with Crippen molar-refractivity contribution in [1.82, 2.24) is 4.98 Å². The molecule has 1 aliphatic carbocycles. The molecule has 0 bridgehead atoms. The van der Waals surface area contributed by atoms with E-state index >= 15 is 0 Å². The predicted molar refractivity (Wildman–Crippen MR) is 66.5 cm³/mol. The maximum atomic E-state index is 10.9. The summed E-state index contributed by atoms with van der Waals surface area (Å²) in [6.45, 7) is 1.88. The largest absolute Gasteiger partial charge is 0.488 e. The molecule has 0 aromatic carbocycles. The molecule has 2 rings (SSSR count). The number of hydrogen-bond acceptors (Lipinski definition) is 3. The normalized spacial score (nSPS) is 17.5. The van der Waals surface area contributed by atoms with Crippen LogP contribution in [0.3, 0.4) is 0 Å². The average molecular weight is 233 g/mol. The van der Waals surface area contributed by atoms with Crippen LogP contribution in [0.2, 0.25) is 0 Å². The Kier molecular flexibility index (Phi) is 4.13. The summed E-state index contributed by atoms with van der Waals surface area (Å²) in [4.78, 5) is 15.1. The fraction of sp³-hybridized carbons (Fsp3) is 0.571. The molecular formula is C14H19NO2. The Hall–Kier alpha value is -1.38. The van der Waals surface area contributed by atoms with Gasteiger partial charge in [-0.15, -0.1) is 0 Å². The molecule has 0 radical (unpaired) electrons. The van der Waals surface area contributed by atoms with Gasteiger partial charge in [-0.2, -0.15) is 0 Å². The van der Waals surface area contributed by atoms with E-state index in [4.69, 9.17) is 4.74 Å². The minimum atomic E-state index is 0.251. The molecular weight excluding hydrogens is 214 g/mol. The monoisotopic (exact) mass is 233 g/mol. The maximum absolute atomic E-state index is 10.9. The van der Waals surface area contributed by atoms with Gasteiger partial charge in [0.05, 0.1) is 6.10 Å². The molecule has 1 heterocycles. The van der Waals surface area contributed by atoms with Crippen molar-refractivity contribution in [3.05, 3.63) is 23.5 Å². The number of carbonyl (C=O) groups excluding carboxylic acids is 1. The summed E-state index contributed by atoms with van der Waals surface area (Å²) in [6.07, 6.45) is 8.25. The number of carbonyl (C=O) groups is 1. The lowest BCUT2D eigenvalue weighted by Gasteiger charge is -2.17. The molecule has 0 amide bonds. The molecule has 1 fully saturated rings. The summed E-state index contributed by atoms with van der Waals surface area (Å²) < 4.78 is 5.92. The van der Waals surface area contributed by atoms with Gasteiger partial charge in [0.1, 0.15) is 11.4 Å². The first-order valence-corrected chi connectivity index (χ1v) is 6.39. The molecule has 0 aliphatic heterocycles. The number of nitrogens with zero attached hydrogens (tertiary/aromatic N) is 1. The Morgan fingerprint density at radius 2 is 1.94 bits per heavy atom. The Morgan fingerprint density at radius 3 is 2.59 bits per heavy atom. The van der Waals surface area contributed by atoms with Crippen LogP contribution in [0.4, 0.5) is 0 Å². The molecule has 0 spiro atoms. The molecule has 3 heteroatoms. The van der Waals surface area contributed by atoms with Crippen LogP contribution < -0.4 is 4.74 Å². The molecule has 1 saturated carbocycles. The third kappa shape index (κ3) is 3.29. The first-order chi connectivity index (χ1) is 8.29. The highest BCUT2D eigenvalue weighted by Gasteiger charge is 2.15. The van der Waals surface area contributed by atoms with Crippen LogP contribution in [0.5, 0.6) is 5.75 Å². The lowest BCUT2D eigenvalue weighted by atomic mass is 10.1. The van der Waals surface area contributed by atoms with Gasteiger partial charge in [-0.25, -0.2) is 4.98 Å². The summed E-state index contributed by atoms with van der Waals surface area (Å²) in [5, 5.41) is 0. The van der Waals surface area contributed by atoms with Crippen molar-refractivity contribution >= 4 is 6.29 Å².